The highest BCUT2D eigenvalue weighted by Crippen LogP contribution is 2.35. The molecular weight excluding hydrogens is 208 g/mol. The topological polar surface area (TPSA) is 17.1 Å². The summed E-state index contributed by atoms with van der Waals surface area (Å²) in [6.45, 7) is 11.0. The minimum absolute atomic E-state index is 0. The molecule has 1 unspecified atom stereocenters. The van der Waals surface area contributed by atoms with Gasteiger partial charge in [-0.2, -0.15) is 0 Å². The molecule has 0 radical (unpaired) electrons. The van der Waals surface area contributed by atoms with E-state index in [4.69, 9.17) is 0 Å². The van der Waals surface area contributed by atoms with Gasteiger partial charge in [0.1, 0.15) is 5.78 Å². The van der Waals surface area contributed by atoms with Gasteiger partial charge in [-0.25, -0.2) is 0 Å². The average molecular weight is 240 g/mol. The van der Waals surface area contributed by atoms with Gasteiger partial charge in [-0.3, -0.25) is 4.79 Å². The van der Waals surface area contributed by atoms with E-state index in [1.807, 2.05) is 0 Å². The van der Waals surface area contributed by atoms with Crippen molar-refractivity contribution in [3.05, 3.63) is 0 Å². The quantitative estimate of drug-likeness (QED) is 0.680. The fourth-order valence-corrected chi connectivity index (χ4v) is 2.77. The first-order valence-corrected chi connectivity index (χ1v) is 6.97. The number of ketones is 1. The van der Waals surface area contributed by atoms with Crippen LogP contribution in [0.15, 0.2) is 0 Å². The predicted molar refractivity (Wildman–Crippen MR) is 76.0 cm³/mol. The fourth-order valence-electron chi connectivity index (χ4n) is 2.77. The number of rotatable bonds is 4. The van der Waals surface area contributed by atoms with Gasteiger partial charge < -0.3 is 0 Å². The predicted octanol–water partition coefficient (Wildman–Crippen LogP) is 4.95. The molecule has 0 amide bonds. The Morgan fingerprint density at radius 3 is 1.76 bits per heavy atom. The summed E-state index contributed by atoms with van der Waals surface area (Å²) in [7, 11) is 0. The van der Waals surface area contributed by atoms with Crippen LogP contribution < -0.4 is 0 Å². The van der Waals surface area contributed by atoms with Crippen molar-refractivity contribution >= 4 is 5.78 Å². The van der Waals surface area contributed by atoms with E-state index in [-0.39, 0.29) is 13.3 Å². The minimum Gasteiger partial charge on any atom is -0.299 e. The molecule has 1 aliphatic carbocycles. The van der Waals surface area contributed by atoms with Crippen LogP contribution in [0.2, 0.25) is 0 Å². The third-order valence-electron chi connectivity index (χ3n) is 4.57. The number of hydrogen-bond acceptors (Lipinski definition) is 1. The first-order valence-electron chi connectivity index (χ1n) is 6.97. The zero-order valence-corrected chi connectivity index (χ0v) is 11.6. The zero-order valence-electron chi connectivity index (χ0n) is 11.6. The zero-order chi connectivity index (χ0) is 12.3. The van der Waals surface area contributed by atoms with Crippen LogP contribution in [0.4, 0.5) is 0 Å². The van der Waals surface area contributed by atoms with Crippen LogP contribution in [0.1, 0.15) is 67.7 Å². The second kappa shape index (κ2) is 7.18. The van der Waals surface area contributed by atoms with Gasteiger partial charge in [-0.1, -0.05) is 42.0 Å². The molecular formula is C16H32O. The van der Waals surface area contributed by atoms with Crippen molar-refractivity contribution < 1.29 is 4.79 Å². The molecule has 1 saturated carbocycles. The van der Waals surface area contributed by atoms with Crippen LogP contribution in [0.3, 0.4) is 0 Å². The lowest BCUT2D eigenvalue weighted by Gasteiger charge is -2.31. The van der Waals surface area contributed by atoms with Gasteiger partial charge in [0.15, 0.2) is 0 Å². The molecule has 1 aliphatic rings. The summed E-state index contributed by atoms with van der Waals surface area (Å²) in [5.41, 5.74) is 0. The van der Waals surface area contributed by atoms with Gasteiger partial charge in [-0.15, -0.1) is 0 Å². The Hall–Kier alpha value is -0.330. The van der Waals surface area contributed by atoms with Crippen molar-refractivity contribution in [3.8, 4) is 0 Å². The standard InChI is InChI=1S/C15H28O.CH4/c1-10(2)12(5)15(16)14-8-6-13(7-9-14)11(3)4;/h10-14H,6-9H2,1-5H3;1H4. The van der Waals surface area contributed by atoms with E-state index in [1.165, 1.54) is 12.8 Å². The molecule has 0 aromatic rings. The highest BCUT2D eigenvalue weighted by atomic mass is 16.1. The summed E-state index contributed by atoms with van der Waals surface area (Å²) in [4.78, 5) is 12.2. The molecule has 0 N–H and O–H groups in total. The van der Waals surface area contributed by atoms with Crippen LogP contribution in [-0.2, 0) is 4.79 Å². The van der Waals surface area contributed by atoms with E-state index in [2.05, 4.69) is 34.6 Å². The molecule has 1 atom stereocenters. The summed E-state index contributed by atoms with van der Waals surface area (Å²) >= 11 is 0. The smallest absolute Gasteiger partial charge is 0.139 e. The van der Waals surface area contributed by atoms with Crippen LogP contribution in [-0.4, -0.2) is 5.78 Å². The van der Waals surface area contributed by atoms with E-state index in [9.17, 15) is 4.79 Å². The number of carbonyl (C=O) groups excluding carboxylic acids is 1. The number of Topliss-reactive ketones (excluding diaryl/α,β-unsaturated/α-hetero) is 1. The minimum atomic E-state index is 0. The lowest BCUT2D eigenvalue weighted by molar-refractivity contribution is -0.128. The van der Waals surface area contributed by atoms with E-state index in [0.717, 1.165) is 24.7 Å². The summed E-state index contributed by atoms with van der Waals surface area (Å²) in [5.74, 6) is 3.29. The van der Waals surface area contributed by atoms with E-state index in [0.29, 0.717) is 17.6 Å². The molecule has 0 aliphatic heterocycles. The Bertz CT molecular complexity index is 222. The van der Waals surface area contributed by atoms with E-state index < -0.39 is 0 Å². The molecule has 0 saturated heterocycles. The number of carbonyl (C=O) groups is 1. The van der Waals surface area contributed by atoms with Crippen LogP contribution in [0.5, 0.6) is 0 Å². The SMILES string of the molecule is C.CC(C)C1CCC(C(=O)C(C)C(C)C)CC1. The lowest BCUT2D eigenvalue weighted by Crippen LogP contribution is -2.29. The molecule has 1 rings (SSSR count). The maximum Gasteiger partial charge on any atom is 0.139 e. The Balaban J connectivity index is 0.00000256. The summed E-state index contributed by atoms with van der Waals surface area (Å²) in [5, 5.41) is 0. The first-order chi connectivity index (χ1) is 7.43. The molecule has 1 nitrogen and oxygen atoms in total. The third-order valence-corrected chi connectivity index (χ3v) is 4.57. The maximum atomic E-state index is 12.2. The van der Waals surface area contributed by atoms with Crippen molar-refractivity contribution in [1.82, 2.24) is 0 Å². The average Bonchev–Trinajstić information content (AvgIpc) is 2.27. The van der Waals surface area contributed by atoms with E-state index in [1.54, 1.807) is 0 Å². The first kappa shape index (κ1) is 16.7. The molecule has 0 bridgehead atoms. The van der Waals surface area contributed by atoms with Crippen LogP contribution in [0.25, 0.3) is 0 Å². The molecule has 17 heavy (non-hydrogen) atoms. The van der Waals surface area contributed by atoms with Crippen molar-refractivity contribution in [1.29, 1.82) is 0 Å². The highest BCUT2D eigenvalue weighted by molar-refractivity contribution is 5.83. The van der Waals surface area contributed by atoms with Crippen molar-refractivity contribution in [3.63, 3.8) is 0 Å². The molecule has 0 aromatic heterocycles. The highest BCUT2D eigenvalue weighted by Gasteiger charge is 2.30. The van der Waals surface area contributed by atoms with Crippen LogP contribution >= 0.6 is 0 Å². The van der Waals surface area contributed by atoms with Gasteiger partial charge in [0.2, 0.25) is 0 Å². The second-order valence-electron chi connectivity index (χ2n) is 6.29. The molecule has 0 spiro atoms. The van der Waals surface area contributed by atoms with Gasteiger partial charge in [0, 0.05) is 11.8 Å². The molecule has 102 valence electrons. The summed E-state index contributed by atoms with van der Waals surface area (Å²) < 4.78 is 0. The Kier molecular flexibility index (Phi) is 7.04. The van der Waals surface area contributed by atoms with Crippen molar-refractivity contribution in [2.75, 3.05) is 0 Å². The summed E-state index contributed by atoms with van der Waals surface area (Å²) in [6, 6.07) is 0. The van der Waals surface area contributed by atoms with Crippen molar-refractivity contribution in [2.45, 2.75) is 67.7 Å². The van der Waals surface area contributed by atoms with Crippen LogP contribution in [0, 0.1) is 29.6 Å². The van der Waals surface area contributed by atoms with Gasteiger partial charge in [0.05, 0.1) is 0 Å². The second-order valence-corrected chi connectivity index (χ2v) is 6.29. The molecule has 1 fully saturated rings. The lowest BCUT2D eigenvalue weighted by atomic mass is 9.73. The van der Waals surface area contributed by atoms with E-state index >= 15 is 0 Å². The Morgan fingerprint density at radius 2 is 1.41 bits per heavy atom. The molecule has 1 heteroatoms. The third kappa shape index (κ3) is 4.44. The molecule has 0 aromatic carbocycles. The molecule has 0 heterocycles. The maximum absolute atomic E-state index is 12.2. The van der Waals surface area contributed by atoms with Gasteiger partial charge in [-0.05, 0) is 43.4 Å². The monoisotopic (exact) mass is 240 g/mol. The van der Waals surface area contributed by atoms with Crippen molar-refractivity contribution in [2.24, 2.45) is 29.6 Å². The fraction of sp³-hybridized carbons (Fsp3) is 0.938. The normalized spacial score (nSPS) is 26.8. The Labute approximate surface area is 108 Å². The summed E-state index contributed by atoms with van der Waals surface area (Å²) in [6.07, 6.45) is 4.80. The number of hydrogen-bond donors (Lipinski definition) is 0. The Morgan fingerprint density at radius 1 is 0.941 bits per heavy atom. The largest absolute Gasteiger partial charge is 0.299 e. The van der Waals surface area contributed by atoms with Gasteiger partial charge >= 0.3 is 0 Å². The van der Waals surface area contributed by atoms with Gasteiger partial charge in [0.25, 0.3) is 0 Å².